The van der Waals surface area contributed by atoms with E-state index in [-0.39, 0.29) is 18.1 Å². The zero-order chi connectivity index (χ0) is 21.7. The zero-order valence-electron chi connectivity index (χ0n) is 16.8. The van der Waals surface area contributed by atoms with E-state index < -0.39 is 17.9 Å². The van der Waals surface area contributed by atoms with Gasteiger partial charge in [0, 0.05) is 16.5 Å². The van der Waals surface area contributed by atoms with Crippen molar-refractivity contribution < 1.29 is 18.3 Å². The Labute approximate surface area is 179 Å². The van der Waals surface area contributed by atoms with Gasteiger partial charge < -0.3 is 10.1 Å². The molecule has 3 heterocycles. The number of alkyl halides is 1. The van der Waals surface area contributed by atoms with Crippen LogP contribution < -0.4 is 10.1 Å². The molecule has 0 spiro atoms. The summed E-state index contributed by atoms with van der Waals surface area (Å²) in [6.45, 7) is 4.00. The van der Waals surface area contributed by atoms with E-state index in [1.54, 1.807) is 25.3 Å². The number of anilines is 1. The van der Waals surface area contributed by atoms with E-state index in [0.717, 1.165) is 0 Å². The van der Waals surface area contributed by atoms with Gasteiger partial charge in [0.15, 0.2) is 16.7 Å². The second-order valence-electron chi connectivity index (χ2n) is 7.33. The summed E-state index contributed by atoms with van der Waals surface area (Å²) in [5, 5.41) is 10.7. The summed E-state index contributed by atoms with van der Waals surface area (Å²) >= 11 is 1.20. The fourth-order valence-electron chi connectivity index (χ4n) is 3.72. The van der Waals surface area contributed by atoms with E-state index in [9.17, 15) is 9.18 Å². The van der Waals surface area contributed by atoms with Gasteiger partial charge in [-0.1, -0.05) is 18.3 Å². The number of carbonyl (C=O) groups excluding carboxylic acids is 1. The van der Waals surface area contributed by atoms with Crippen molar-refractivity contribution in [1.29, 1.82) is 0 Å². The molecule has 3 aromatic heterocycles. The van der Waals surface area contributed by atoms with E-state index in [1.165, 1.54) is 11.3 Å². The number of hydrogen-bond donors (Lipinski definition) is 2. The molecule has 0 bridgehead atoms. The summed E-state index contributed by atoms with van der Waals surface area (Å²) in [4.78, 5) is 21.6. The number of thiazole rings is 1. The summed E-state index contributed by atoms with van der Waals surface area (Å²) in [7, 11) is 0. The number of benzene rings is 1. The predicted octanol–water partition coefficient (Wildman–Crippen LogP) is 4.63. The first-order valence-corrected chi connectivity index (χ1v) is 10.9. The highest BCUT2D eigenvalue weighted by atomic mass is 32.1. The summed E-state index contributed by atoms with van der Waals surface area (Å²) in [6, 6.07) is 3.55. The first-order chi connectivity index (χ1) is 15.0. The maximum Gasteiger partial charge on any atom is 0.232 e. The van der Waals surface area contributed by atoms with E-state index >= 15 is 4.39 Å². The van der Waals surface area contributed by atoms with Crippen molar-refractivity contribution in [3.8, 4) is 17.0 Å². The Morgan fingerprint density at radius 2 is 2.16 bits per heavy atom. The number of aromatic amines is 1. The molecule has 5 rings (SSSR count). The third-order valence-electron chi connectivity index (χ3n) is 5.34. The smallest absolute Gasteiger partial charge is 0.232 e. The molecule has 2 N–H and O–H groups in total. The molecule has 1 amide bonds. The van der Waals surface area contributed by atoms with Gasteiger partial charge in [-0.2, -0.15) is 5.10 Å². The second-order valence-corrected chi connectivity index (χ2v) is 8.31. The standard InChI is InChI=1S/C21H19F2N5O2S/c1-3-9-15(11-8-24-28-17(11)18(16(9)23)30-4-2)13-5-6-14-20(25-13)31-21(26-14)27-19(29)10-7-12(10)22/h5-6,8,10,12H,3-4,7H2,1-2H3,(H,24,28)(H,26,27,29). The van der Waals surface area contributed by atoms with Crippen molar-refractivity contribution >= 4 is 43.6 Å². The molecule has 1 fully saturated rings. The quantitative estimate of drug-likeness (QED) is 0.453. The number of H-pyrrole nitrogens is 1. The van der Waals surface area contributed by atoms with Crippen molar-refractivity contribution in [3.05, 3.63) is 29.7 Å². The highest BCUT2D eigenvalue weighted by molar-refractivity contribution is 7.22. The van der Waals surface area contributed by atoms with Gasteiger partial charge in [-0.15, -0.1) is 0 Å². The molecule has 1 aromatic carbocycles. The lowest BCUT2D eigenvalue weighted by Gasteiger charge is -2.14. The van der Waals surface area contributed by atoms with Crippen LogP contribution in [0.25, 0.3) is 32.5 Å². The number of nitrogens with zero attached hydrogens (tertiary/aromatic N) is 3. The lowest BCUT2D eigenvalue weighted by molar-refractivity contribution is -0.117. The minimum Gasteiger partial charge on any atom is -0.489 e. The lowest BCUT2D eigenvalue weighted by atomic mass is 9.96. The molecule has 0 aliphatic heterocycles. The first-order valence-electron chi connectivity index (χ1n) is 10.0. The van der Waals surface area contributed by atoms with Gasteiger partial charge in [-0.05, 0) is 31.9 Å². The Kier molecular flexibility index (Phi) is 4.81. The van der Waals surface area contributed by atoms with Crippen LogP contribution >= 0.6 is 11.3 Å². The van der Waals surface area contributed by atoms with Crippen LogP contribution in [-0.2, 0) is 11.2 Å². The van der Waals surface area contributed by atoms with Crippen LogP contribution in [0.3, 0.4) is 0 Å². The molecule has 31 heavy (non-hydrogen) atoms. The number of ether oxygens (including phenoxy) is 1. The number of aromatic nitrogens is 4. The Bertz CT molecular complexity index is 1320. The molecule has 0 saturated heterocycles. The molecule has 0 radical (unpaired) electrons. The van der Waals surface area contributed by atoms with Crippen molar-refractivity contribution in [2.24, 2.45) is 5.92 Å². The summed E-state index contributed by atoms with van der Waals surface area (Å²) in [5.41, 5.74) is 2.79. The molecule has 7 nitrogen and oxygen atoms in total. The van der Waals surface area contributed by atoms with Crippen molar-refractivity contribution in [3.63, 3.8) is 0 Å². The minimum atomic E-state index is -1.07. The number of halogens is 2. The topological polar surface area (TPSA) is 92.8 Å². The number of fused-ring (bicyclic) bond motifs is 2. The van der Waals surface area contributed by atoms with Gasteiger partial charge in [-0.25, -0.2) is 18.7 Å². The normalized spacial score (nSPS) is 17.9. The maximum atomic E-state index is 15.3. The van der Waals surface area contributed by atoms with Gasteiger partial charge in [0.25, 0.3) is 0 Å². The third-order valence-corrected chi connectivity index (χ3v) is 6.22. The number of amides is 1. The molecule has 1 saturated carbocycles. The largest absolute Gasteiger partial charge is 0.489 e. The number of pyridine rings is 1. The Morgan fingerprint density at radius 1 is 1.35 bits per heavy atom. The van der Waals surface area contributed by atoms with Crippen molar-refractivity contribution in [2.75, 3.05) is 11.9 Å². The van der Waals surface area contributed by atoms with Crippen LogP contribution in [0, 0.1) is 11.7 Å². The minimum absolute atomic E-state index is 0.158. The number of carbonyl (C=O) groups is 1. The molecular weight excluding hydrogens is 424 g/mol. The van der Waals surface area contributed by atoms with E-state index in [0.29, 0.717) is 56.2 Å². The van der Waals surface area contributed by atoms with Crippen LogP contribution in [0.5, 0.6) is 5.75 Å². The highest BCUT2D eigenvalue weighted by Gasteiger charge is 2.43. The summed E-state index contributed by atoms with van der Waals surface area (Å²) in [6.07, 6.45) is 1.26. The van der Waals surface area contributed by atoms with Gasteiger partial charge >= 0.3 is 0 Å². The second kappa shape index (κ2) is 7.52. The number of rotatable bonds is 6. The van der Waals surface area contributed by atoms with E-state index in [2.05, 4.69) is 25.5 Å². The zero-order valence-corrected chi connectivity index (χ0v) is 17.6. The van der Waals surface area contributed by atoms with Gasteiger partial charge in [0.05, 0.1) is 24.4 Å². The molecule has 2 atom stereocenters. The molecule has 4 aromatic rings. The SMILES string of the molecule is CCOc1c(F)c(CC)c(-c2ccc3nc(NC(=O)C4CC4F)sc3n2)c2cn[nH]c12. The summed E-state index contributed by atoms with van der Waals surface area (Å²) in [5.74, 6) is -1.23. The third kappa shape index (κ3) is 3.31. The fraction of sp³-hybridized carbons (Fsp3) is 0.333. The molecule has 1 aliphatic rings. The number of nitrogens with one attached hydrogen (secondary N) is 2. The van der Waals surface area contributed by atoms with Crippen molar-refractivity contribution in [1.82, 2.24) is 20.2 Å². The fourth-order valence-corrected chi connectivity index (χ4v) is 4.56. The average Bonchev–Trinajstić information content (AvgIpc) is 3.13. The molecule has 1 aliphatic carbocycles. The van der Waals surface area contributed by atoms with Gasteiger partial charge in [-0.3, -0.25) is 9.89 Å². The predicted molar refractivity (Wildman–Crippen MR) is 115 cm³/mol. The van der Waals surface area contributed by atoms with Gasteiger partial charge in [0.2, 0.25) is 5.91 Å². The monoisotopic (exact) mass is 443 g/mol. The molecule has 2 unspecified atom stereocenters. The van der Waals surface area contributed by atoms with Gasteiger partial charge in [0.1, 0.15) is 22.0 Å². The average molecular weight is 443 g/mol. The van der Waals surface area contributed by atoms with Crippen LogP contribution in [-0.4, -0.2) is 38.9 Å². The Balaban J connectivity index is 1.60. The van der Waals surface area contributed by atoms with Crippen LogP contribution in [0.2, 0.25) is 0 Å². The lowest BCUT2D eigenvalue weighted by Crippen LogP contribution is -2.14. The first kappa shape index (κ1) is 19.8. The van der Waals surface area contributed by atoms with Crippen LogP contribution in [0.15, 0.2) is 18.3 Å². The van der Waals surface area contributed by atoms with Crippen LogP contribution in [0.1, 0.15) is 25.8 Å². The van der Waals surface area contributed by atoms with E-state index in [1.807, 2.05) is 6.92 Å². The van der Waals surface area contributed by atoms with Crippen LogP contribution in [0.4, 0.5) is 13.9 Å². The molecule has 160 valence electrons. The molecule has 10 heteroatoms. The highest BCUT2D eigenvalue weighted by Crippen LogP contribution is 2.40. The maximum absolute atomic E-state index is 15.3. The summed E-state index contributed by atoms with van der Waals surface area (Å²) < 4.78 is 34.0. The van der Waals surface area contributed by atoms with Crippen molar-refractivity contribution in [2.45, 2.75) is 32.9 Å². The van der Waals surface area contributed by atoms with E-state index in [4.69, 9.17) is 4.74 Å². The Morgan fingerprint density at radius 3 is 2.87 bits per heavy atom. The Hall–Kier alpha value is -3.14. The molecular formula is C21H19F2N5O2S. The number of hydrogen-bond acceptors (Lipinski definition) is 6.